The fourth-order valence-corrected chi connectivity index (χ4v) is 5.11. The topological polar surface area (TPSA) is 174 Å². The van der Waals surface area contributed by atoms with E-state index in [9.17, 15) is 24.3 Å². The summed E-state index contributed by atoms with van der Waals surface area (Å²) in [6.45, 7) is 2.24. The number of primary amides is 2. The zero-order valence-electron chi connectivity index (χ0n) is 25.1. The number of carboxylic acid groups (broad SMARTS) is 1. The van der Waals surface area contributed by atoms with Crippen LogP contribution in [0, 0.1) is 0 Å². The van der Waals surface area contributed by atoms with Crippen LogP contribution in [0.25, 0.3) is 0 Å². The molecule has 1 heterocycles. The van der Waals surface area contributed by atoms with E-state index in [1.807, 2.05) is 0 Å². The molecule has 2 atom stereocenters. The van der Waals surface area contributed by atoms with Gasteiger partial charge in [0.15, 0.2) is 5.75 Å². The maximum absolute atomic E-state index is 12.7. The second-order valence-corrected chi connectivity index (χ2v) is 11.2. The number of anilines is 1. The van der Waals surface area contributed by atoms with Gasteiger partial charge < -0.3 is 31.4 Å². The van der Waals surface area contributed by atoms with E-state index in [-0.39, 0.29) is 52.3 Å². The number of aromatic carboxylic acids is 1. The summed E-state index contributed by atoms with van der Waals surface area (Å²) in [5.74, 6) is -2.83. The average molecular weight is 596 g/mol. The summed E-state index contributed by atoms with van der Waals surface area (Å²) >= 11 is 0. The molecule has 0 aliphatic carbocycles. The summed E-state index contributed by atoms with van der Waals surface area (Å²) in [7, 11) is 0. The third-order valence-corrected chi connectivity index (χ3v) is 7.63. The second-order valence-electron chi connectivity index (χ2n) is 11.2. The highest BCUT2D eigenvalue weighted by atomic mass is 16.6. The zero-order valence-corrected chi connectivity index (χ0v) is 25.1. The molecule has 0 aromatic heterocycles. The third kappa shape index (κ3) is 11.7. The summed E-state index contributed by atoms with van der Waals surface area (Å²) < 4.78 is 11.7. The van der Waals surface area contributed by atoms with Crippen LogP contribution < -0.4 is 21.5 Å². The van der Waals surface area contributed by atoms with Crippen molar-refractivity contribution < 1.29 is 33.8 Å². The number of benzene rings is 2. The molecule has 6 N–H and O–H groups in total. The number of hydrogen-bond acceptors (Lipinski definition) is 6. The van der Waals surface area contributed by atoms with Crippen LogP contribution in [0.15, 0.2) is 36.4 Å². The molecule has 0 saturated carbocycles. The Labute approximate surface area is 253 Å². The quantitative estimate of drug-likeness (QED) is 0.0933. The van der Waals surface area contributed by atoms with E-state index in [0.29, 0.717) is 12.5 Å². The number of unbranched alkanes of at least 4 members (excludes halogenated alkanes) is 9. The van der Waals surface area contributed by atoms with Gasteiger partial charge in [-0.3, -0.25) is 14.4 Å². The van der Waals surface area contributed by atoms with Crippen LogP contribution in [-0.4, -0.2) is 41.0 Å². The SMILES string of the molecule is CCCCCCCCCCCC1OC1CCCCC(=O)Nc1cc(C(=O)O)ccc1Oc1cc(C(N)=O)cc(C(N)=O)c1. The molecule has 1 fully saturated rings. The zero-order chi connectivity index (χ0) is 31.2. The van der Waals surface area contributed by atoms with Crippen LogP contribution in [0.5, 0.6) is 11.5 Å². The molecule has 0 radical (unpaired) electrons. The first-order valence-electron chi connectivity index (χ1n) is 15.4. The lowest BCUT2D eigenvalue weighted by atomic mass is 10.0. The van der Waals surface area contributed by atoms with Crippen LogP contribution in [0.2, 0.25) is 0 Å². The summed E-state index contributed by atoms with van der Waals surface area (Å²) in [6, 6.07) is 7.90. The van der Waals surface area contributed by atoms with E-state index in [1.165, 1.54) is 94.2 Å². The molecule has 1 aliphatic heterocycles. The molecule has 0 spiro atoms. The molecule has 43 heavy (non-hydrogen) atoms. The first-order valence-corrected chi connectivity index (χ1v) is 15.4. The number of carboxylic acids is 1. The number of hydrogen-bond donors (Lipinski definition) is 4. The summed E-state index contributed by atoms with van der Waals surface area (Å²) in [5.41, 5.74) is 10.8. The highest BCUT2D eigenvalue weighted by Gasteiger charge is 2.36. The van der Waals surface area contributed by atoms with E-state index >= 15 is 0 Å². The van der Waals surface area contributed by atoms with Crippen LogP contribution in [0.3, 0.4) is 0 Å². The largest absolute Gasteiger partial charge is 0.478 e. The Hall–Kier alpha value is -3.92. The van der Waals surface area contributed by atoms with Crippen molar-refractivity contribution in [2.45, 2.75) is 109 Å². The monoisotopic (exact) mass is 595 g/mol. The van der Waals surface area contributed by atoms with Gasteiger partial charge >= 0.3 is 5.97 Å². The Morgan fingerprint density at radius 1 is 0.767 bits per heavy atom. The molecular formula is C33H45N3O7. The predicted molar refractivity (Wildman–Crippen MR) is 165 cm³/mol. The Balaban J connectivity index is 1.43. The summed E-state index contributed by atoms with van der Waals surface area (Å²) in [5, 5.41) is 12.2. The highest BCUT2D eigenvalue weighted by Crippen LogP contribution is 2.33. The van der Waals surface area contributed by atoms with E-state index in [1.54, 1.807) is 0 Å². The van der Waals surface area contributed by atoms with Gasteiger partial charge in [0.05, 0.1) is 23.5 Å². The number of rotatable bonds is 21. The Kier molecular flexibility index (Phi) is 13.5. The minimum absolute atomic E-state index is 0.00842. The van der Waals surface area contributed by atoms with Crippen molar-refractivity contribution in [3.8, 4) is 11.5 Å². The standard InChI is InChI=1S/C33H45N3O7/c1-2-3-4-5-6-7-8-9-10-13-28-29(43-28)14-11-12-15-30(37)36-26-21-22(33(40)41)16-17-27(26)42-25-19-23(31(34)38)18-24(20-25)32(35)39/h16-21,28-29H,2-15H2,1H3,(H2,34,38)(H2,35,39)(H,36,37)(H,40,41). The molecule has 2 aromatic carbocycles. The lowest BCUT2D eigenvalue weighted by molar-refractivity contribution is -0.116. The van der Waals surface area contributed by atoms with Crippen LogP contribution in [0.1, 0.15) is 128 Å². The molecule has 10 nitrogen and oxygen atoms in total. The molecule has 234 valence electrons. The first kappa shape index (κ1) is 33.6. The van der Waals surface area contributed by atoms with Gasteiger partial charge in [-0.2, -0.15) is 0 Å². The van der Waals surface area contributed by atoms with Crippen LogP contribution in [-0.2, 0) is 9.53 Å². The molecule has 0 bridgehead atoms. The van der Waals surface area contributed by atoms with Gasteiger partial charge in [-0.25, -0.2) is 4.79 Å². The minimum Gasteiger partial charge on any atom is -0.478 e. The molecule has 2 aromatic rings. The fourth-order valence-electron chi connectivity index (χ4n) is 5.11. The van der Waals surface area contributed by atoms with Crippen molar-refractivity contribution in [3.63, 3.8) is 0 Å². The third-order valence-electron chi connectivity index (χ3n) is 7.63. The van der Waals surface area contributed by atoms with Gasteiger partial charge in [0.2, 0.25) is 17.7 Å². The number of carbonyl (C=O) groups excluding carboxylic acids is 3. The van der Waals surface area contributed by atoms with Gasteiger partial charge in [0, 0.05) is 17.5 Å². The normalized spacial score (nSPS) is 15.6. The lowest BCUT2D eigenvalue weighted by Gasteiger charge is -2.14. The highest BCUT2D eigenvalue weighted by molar-refractivity contribution is 5.99. The Bertz CT molecular complexity index is 1230. The van der Waals surface area contributed by atoms with Crippen molar-refractivity contribution >= 4 is 29.4 Å². The van der Waals surface area contributed by atoms with Gasteiger partial charge in [-0.1, -0.05) is 71.1 Å². The summed E-state index contributed by atoms with van der Waals surface area (Å²) in [6.07, 6.45) is 16.2. The number of nitrogens with two attached hydrogens (primary N) is 2. The minimum atomic E-state index is -1.17. The van der Waals surface area contributed by atoms with Crippen molar-refractivity contribution in [1.82, 2.24) is 0 Å². The van der Waals surface area contributed by atoms with E-state index in [4.69, 9.17) is 20.9 Å². The maximum Gasteiger partial charge on any atom is 0.335 e. The number of carbonyl (C=O) groups is 4. The van der Waals surface area contributed by atoms with Gasteiger partial charge in [-0.15, -0.1) is 0 Å². The molecule has 10 heteroatoms. The van der Waals surface area contributed by atoms with Crippen molar-refractivity contribution in [3.05, 3.63) is 53.1 Å². The van der Waals surface area contributed by atoms with Crippen LogP contribution in [0.4, 0.5) is 5.69 Å². The lowest BCUT2D eigenvalue weighted by Crippen LogP contribution is -2.16. The molecule has 3 rings (SSSR count). The Morgan fingerprint density at radius 2 is 1.33 bits per heavy atom. The number of nitrogens with one attached hydrogen (secondary N) is 1. The molecular weight excluding hydrogens is 550 g/mol. The van der Waals surface area contributed by atoms with Crippen molar-refractivity contribution in [1.29, 1.82) is 0 Å². The number of epoxide rings is 1. The molecule has 1 aliphatic rings. The number of amides is 3. The smallest absolute Gasteiger partial charge is 0.335 e. The summed E-state index contributed by atoms with van der Waals surface area (Å²) in [4.78, 5) is 47.7. The molecule has 2 unspecified atom stereocenters. The average Bonchev–Trinajstić information content (AvgIpc) is 3.73. The number of ether oxygens (including phenoxy) is 2. The van der Waals surface area contributed by atoms with Gasteiger partial charge in [0.25, 0.3) is 0 Å². The predicted octanol–water partition coefficient (Wildman–Crippen LogP) is 6.56. The van der Waals surface area contributed by atoms with Crippen LogP contribution >= 0.6 is 0 Å². The maximum atomic E-state index is 12.7. The van der Waals surface area contributed by atoms with Crippen molar-refractivity contribution in [2.75, 3.05) is 5.32 Å². The Morgan fingerprint density at radius 3 is 1.88 bits per heavy atom. The van der Waals surface area contributed by atoms with E-state index < -0.39 is 17.8 Å². The van der Waals surface area contributed by atoms with Crippen molar-refractivity contribution in [2.24, 2.45) is 11.5 Å². The molecule has 1 saturated heterocycles. The van der Waals surface area contributed by atoms with Gasteiger partial charge in [-0.05, 0) is 55.7 Å². The second kappa shape index (κ2) is 17.3. The van der Waals surface area contributed by atoms with E-state index in [0.717, 1.165) is 19.3 Å². The van der Waals surface area contributed by atoms with E-state index in [2.05, 4.69) is 12.2 Å². The first-order chi connectivity index (χ1) is 20.7. The molecule has 3 amide bonds. The fraction of sp³-hybridized carbons (Fsp3) is 0.515. The van der Waals surface area contributed by atoms with Gasteiger partial charge in [0.1, 0.15) is 5.75 Å².